The largest absolute Gasteiger partial charge is 0.467 e. The summed E-state index contributed by atoms with van der Waals surface area (Å²) in [6.45, 7) is 3.68. The van der Waals surface area contributed by atoms with Crippen molar-refractivity contribution >= 4 is 5.69 Å². The summed E-state index contributed by atoms with van der Waals surface area (Å²) in [6.07, 6.45) is 1.68. The second-order valence-corrected chi connectivity index (χ2v) is 3.76. The summed E-state index contributed by atoms with van der Waals surface area (Å²) in [5.41, 5.74) is 1.73. The minimum atomic E-state index is 0.681. The summed E-state index contributed by atoms with van der Waals surface area (Å²) >= 11 is 0. The molecule has 86 valence electrons. The Morgan fingerprint density at radius 1 is 1.29 bits per heavy atom. The van der Waals surface area contributed by atoms with Crippen LogP contribution in [0.1, 0.15) is 18.2 Å². The number of anilines is 1. The molecule has 0 unspecified atom stereocenters. The van der Waals surface area contributed by atoms with E-state index >= 15 is 0 Å². The van der Waals surface area contributed by atoms with Gasteiger partial charge in [0.1, 0.15) is 5.76 Å². The number of rotatable bonds is 4. The monoisotopic (exact) mass is 226 g/mol. The molecule has 0 aliphatic heterocycles. The molecule has 0 atom stereocenters. The Hall–Kier alpha value is -2.21. The molecule has 0 radical (unpaired) electrons. The molecule has 1 aromatic heterocycles. The Morgan fingerprint density at radius 3 is 2.82 bits per heavy atom. The van der Waals surface area contributed by atoms with Crippen LogP contribution in [0.4, 0.5) is 5.69 Å². The smallest absolute Gasteiger partial charge is 0.123 e. The zero-order valence-electron chi connectivity index (χ0n) is 9.76. The van der Waals surface area contributed by atoms with Crippen molar-refractivity contribution in [2.75, 3.05) is 11.4 Å². The van der Waals surface area contributed by atoms with Gasteiger partial charge in [-0.15, -0.1) is 0 Å². The van der Waals surface area contributed by atoms with E-state index in [-0.39, 0.29) is 0 Å². The molecule has 1 aromatic carbocycles. The van der Waals surface area contributed by atoms with Crippen molar-refractivity contribution in [2.45, 2.75) is 13.5 Å². The van der Waals surface area contributed by atoms with Crippen LogP contribution in [0.3, 0.4) is 0 Å². The highest BCUT2D eigenvalue weighted by Crippen LogP contribution is 2.18. The molecular formula is C14H14N2O. The van der Waals surface area contributed by atoms with E-state index in [1.165, 1.54) is 0 Å². The van der Waals surface area contributed by atoms with Gasteiger partial charge in [0.15, 0.2) is 0 Å². The predicted octanol–water partition coefficient (Wildman–Crippen LogP) is 3.18. The first kappa shape index (κ1) is 11.3. The van der Waals surface area contributed by atoms with Crippen LogP contribution in [0, 0.1) is 11.3 Å². The third kappa shape index (κ3) is 2.67. The quantitative estimate of drug-likeness (QED) is 0.803. The molecule has 2 aromatic rings. The van der Waals surface area contributed by atoms with Crippen LogP contribution in [-0.2, 0) is 6.54 Å². The first-order valence-electron chi connectivity index (χ1n) is 5.61. The van der Waals surface area contributed by atoms with Crippen molar-refractivity contribution < 1.29 is 4.42 Å². The Balaban J connectivity index is 2.20. The van der Waals surface area contributed by atoms with Crippen molar-refractivity contribution in [3.05, 3.63) is 54.0 Å². The average Bonchev–Trinajstić information content (AvgIpc) is 2.89. The maximum Gasteiger partial charge on any atom is 0.123 e. The minimum absolute atomic E-state index is 0.681. The van der Waals surface area contributed by atoms with Gasteiger partial charge in [0.25, 0.3) is 0 Å². The van der Waals surface area contributed by atoms with Gasteiger partial charge in [-0.2, -0.15) is 5.26 Å². The molecule has 0 aliphatic rings. The van der Waals surface area contributed by atoms with E-state index in [0.717, 1.165) is 24.5 Å². The van der Waals surface area contributed by atoms with Gasteiger partial charge in [0, 0.05) is 12.2 Å². The fourth-order valence-corrected chi connectivity index (χ4v) is 1.75. The molecule has 0 amide bonds. The molecule has 0 saturated heterocycles. The number of furan rings is 1. The minimum Gasteiger partial charge on any atom is -0.467 e. The zero-order chi connectivity index (χ0) is 12.1. The molecule has 0 aliphatic carbocycles. The summed E-state index contributed by atoms with van der Waals surface area (Å²) in [5.74, 6) is 0.925. The van der Waals surface area contributed by atoms with Crippen molar-refractivity contribution in [1.29, 1.82) is 5.26 Å². The third-order valence-electron chi connectivity index (χ3n) is 2.65. The molecule has 3 nitrogen and oxygen atoms in total. The lowest BCUT2D eigenvalue weighted by Crippen LogP contribution is -2.21. The van der Waals surface area contributed by atoms with Crippen LogP contribution < -0.4 is 4.90 Å². The third-order valence-corrected chi connectivity index (χ3v) is 2.65. The average molecular weight is 226 g/mol. The van der Waals surface area contributed by atoms with Gasteiger partial charge in [-0.3, -0.25) is 0 Å². The molecule has 1 heterocycles. The van der Waals surface area contributed by atoms with Gasteiger partial charge in [-0.05, 0) is 37.3 Å². The summed E-state index contributed by atoms with van der Waals surface area (Å²) in [4.78, 5) is 2.17. The van der Waals surface area contributed by atoms with Gasteiger partial charge in [-0.25, -0.2) is 0 Å². The molecule has 0 saturated carbocycles. The lowest BCUT2D eigenvalue weighted by molar-refractivity contribution is 0.503. The molecule has 0 fully saturated rings. The first-order chi connectivity index (χ1) is 8.33. The normalized spacial score (nSPS) is 9.88. The molecular weight excluding hydrogens is 212 g/mol. The predicted molar refractivity (Wildman–Crippen MR) is 66.6 cm³/mol. The van der Waals surface area contributed by atoms with E-state index in [4.69, 9.17) is 9.68 Å². The molecule has 3 heteroatoms. The summed E-state index contributed by atoms with van der Waals surface area (Å²) < 4.78 is 5.34. The van der Waals surface area contributed by atoms with Gasteiger partial charge in [0.05, 0.1) is 24.4 Å². The fraction of sp³-hybridized carbons (Fsp3) is 0.214. The molecule has 0 N–H and O–H groups in total. The molecule has 17 heavy (non-hydrogen) atoms. The Kier molecular flexibility index (Phi) is 3.46. The van der Waals surface area contributed by atoms with Gasteiger partial charge < -0.3 is 9.32 Å². The van der Waals surface area contributed by atoms with Crippen molar-refractivity contribution in [3.63, 3.8) is 0 Å². The van der Waals surface area contributed by atoms with Crippen LogP contribution in [0.15, 0.2) is 47.1 Å². The Labute approximate surface area is 101 Å². The van der Waals surface area contributed by atoms with E-state index in [0.29, 0.717) is 5.56 Å². The number of nitrogens with zero attached hydrogens (tertiary/aromatic N) is 2. The fourth-order valence-electron chi connectivity index (χ4n) is 1.75. The van der Waals surface area contributed by atoms with E-state index in [1.54, 1.807) is 6.26 Å². The molecule has 0 bridgehead atoms. The Morgan fingerprint density at radius 2 is 2.18 bits per heavy atom. The van der Waals surface area contributed by atoms with Crippen LogP contribution in [0.2, 0.25) is 0 Å². The van der Waals surface area contributed by atoms with Gasteiger partial charge >= 0.3 is 0 Å². The lowest BCUT2D eigenvalue weighted by Gasteiger charge is -2.21. The molecule has 2 rings (SSSR count). The number of hydrogen-bond acceptors (Lipinski definition) is 3. The van der Waals surface area contributed by atoms with E-state index in [9.17, 15) is 0 Å². The van der Waals surface area contributed by atoms with E-state index in [2.05, 4.69) is 17.9 Å². The maximum absolute atomic E-state index is 8.89. The SMILES string of the molecule is CCN(Cc1ccco1)c1cccc(C#N)c1. The second kappa shape index (κ2) is 5.22. The maximum atomic E-state index is 8.89. The van der Waals surface area contributed by atoms with Crippen molar-refractivity contribution in [3.8, 4) is 6.07 Å². The van der Waals surface area contributed by atoms with Crippen LogP contribution >= 0.6 is 0 Å². The van der Waals surface area contributed by atoms with Gasteiger partial charge in [0.2, 0.25) is 0 Å². The highest BCUT2D eigenvalue weighted by molar-refractivity contribution is 5.51. The number of nitriles is 1. The topological polar surface area (TPSA) is 40.2 Å². The van der Waals surface area contributed by atoms with Crippen molar-refractivity contribution in [2.24, 2.45) is 0 Å². The van der Waals surface area contributed by atoms with Crippen LogP contribution in [0.5, 0.6) is 0 Å². The van der Waals surface area contributed by atoms with Crippen LogP contribution in [-0.4, -0.2) is 6.54 Å². The van der Waals surface area contributed by atoms with E-state index < -0.39 is 0 Å². The lowest BCUT2D eigenvalue weighted by atomic mass is 10.2. The highest BCUT2D eigenvalue weighted by atomic mass is 16.3. The summed E-state index contributed by atoms with van der Waals surface area (Å²) in [7, 11) is 0. The highest BCUT2D eigenvalue weighted by Gasteiger charge is 2.07. The standard InChI is InChI=1S/C14H14N2O/c1-2-16(11-14-7-4-8-17-14)13-6-3-5-12(9-13)10-15/h3-9H,2,11H2,1H3. The summed E-state index contributed by atoms with van der Waals surface area (Å²) in [6, 6.07) is 13.6. The second-order valence-electron chi connectivity index (χ2n) is 3.76. The first-order valence-corrected chi connectivity index (χ1v) is 5.61. The number of benzene rings is 1. The summed E-state index contributed by atoms with van der Waals surface area (Å²) in [5, 5.41) is 8.89. The zero-order valence-corrected chi connectivity index (χ0v) is 9.76. The van der Waals surface area contributed by atoms with Crippen molar-refractivity contribution in [1.82, 2.24) is 0 Å². The number of hydrogen-bond donors (Lipinski definition) is 0. The van der Waals surface area contributed by atoms with E-state index in [1.807, 2.05) is 36.4 Å². The van der Waals surface area contributed by atoms with Gasteiger partial charge in [-0.1, -0.05) is 6.07 Å². The van der Waals surface area contributed by atoms with Crippen LogP contribution in [0.25, 0.3) is 0 Å². The molecule has 0 spiro atoms. The Bertz CT molecular complexity index is 511.